The number of anilines is 1. The van der Waals surface area contributed by atoms with Crippen LogP contribution in [0.15, 0.2) is 30.5 Å². The van der Waals surface area contributed by atoms with Gasteiger partial charge < -0.3 is 15.2 Å². The van der Waals surface area contributed by atoms with Crippen LogP contribution >= 0.6 is 0 Å². The zero-order valence-electron chi connectivity index (χ0n) is 20.1. The lowest BCUT2D eigenvalue weighted by atomic mass is 9.93. The Hall–Kier alpha value is -2.55. The van der Waals surface area contributed by atoms with Crippen molar-refractivity contribution < 1.29 is 9.84 Å². The number of hydrogen-bond acceptors (Lipinski definition) is 7. The summed E-state index contributed by atoms with van der Waals surface area (Å²) in [6.45, 7) is 7.58. The molecule has 2 fully saturated rings. The van der Waals surface area contributed by atoms with Gasteiger partial charge in [0.1, 0.15) is 5.69 Å². The predicted octanol–water partition coefficient (Wildman–Crippen LogP) is 4.01. The van der Waals surface area contributed by atoms with Gasteiger partial charge >= 0.3 is 0 Å². The normalized spacial score (nSPS) is 21.7. The maximum atomic E-state index is 10.0. The Morgan fingerprint density at radius 2 is 1.85 bits per heavy atom. The first-order chi connectivity index (χ1) is 16.7. The minimum absolute atomic E-state index is 0.197. The van der Waals surface area contributed by atoms with Crippen LogP contribution < -0.4 is 5.32 Å². The van der Waals surface area contributed by atoms with Crippen LogP contribution in [0.3, 0.4) is 0 Å². The fourth-order valence-electron chi connectivity index (χ4n) is 4.94. The number of rotatable bonds is 8. The monoisotopic (exact) mass is 464 g/mol. The Morgan fingerprint density at radius 1 is 1.09 bits per heavy atom. The molecule has 2 aliphatic rings. The molecule has 3 aromatic rings. The number of hydrogen-bond donors (Lipinski definition) is 2. The van der Waals surface area contributed by atoms with Gasteiger partial charge in [-0.1, -0.05) is 37.6 Å². The molecule has 1 saturated heterocycles. The second kappa shape index (κ2) is 10.8. The number of morpholine rings is 1. The molecule has 0 amide bonds. The molecular weight excluding hydrogens is 428 g/mol. The van der Waals surface area contributed by atoms with E-state index in [2.05, 4.69) is 51.1 Å². The van der Waals surface area contributed by atoms with E-state index in [0.29, 0.717) is 5.95 Å². The number of nitrogens with zero attached hydrogens (tertiary/aromatic N) is 5. The van der Waals surface area contributed by atoms with Gasteiger partial charge in [-0.05, 0) is 37.7 Å². The molecule has 3 heterocycles. The second-order valence-electron chi connectivity index (χ2n) is 9.55. The first kappa shape index (κ1) is 23.2. The molecule has 0 unspecified atom stereocenters. The molecule has 5 rings (SSSR count). The van der Waals surface area contributed by atoms with Crippen LogP contribution in [0.2, 0.25) is 0 Å². The molecule has 2 aromatic heterocycles. The number of benzene rings is 1. The van der Waals surface area contributed by atoms with Gasteiger partial charge in [0.2, 0.25) is 5.95 Å². The van der Waals surface area contributed by atoms with Gasteiger partial charge in [-0.3, -0.25) is 4.90 Å². The SMILES string of the molecule is CCCCNc1ncc2c(-c3ccc(CN4CCOCC4)cc3)nn([C@H]3CC[C@H](O)CC3)c2n1. The summed E-state index contributed by atoms with van der Waals surface area (Å²) < 4.78 is 7.55. The highest BCUT2D eigenvalue weighted by atomic mass is 16.5. The van der Waals surface area contributed by atoms with Crippen molar-refractivity contribution in [1.29, 1.82) is 0 Å². The van der Waals surface area contributed by atoms with E-state index >= 15 is 0 Å². The number of nitrogens with one attached hydrogen (secondary N) is 1. The summed E-state index contributed by atoms with van der Waals surface area (Å²) >= 11 is 0. The number of aromatic nitrogens is 4. The number of aliphatic hydroxyl groups excluding tert-OH is 1. The summed E-state index contributed by atoms with van der Waals surface area (Å²) in [5.41, 5.74) is 4.19. The quantitative estimate of drug-likeness (QED) is 0.487. The summed E-state index contributed by atoms with van der Waals surface area (Å²) in [4.78, 5) is 11.9. The van der Waals surface area contributed by atoms with Crippen LogP contribution in [-0.2, 0) is 11.3 Å². The Labute approximate surface area is 201 Å². The van der Waals surface area contributed by atoms with E-state index in [9.17, 15) is 5.11 Å². The molecule has 0 radical (unpaired) electrons. The highest BCUT2D eigenvalue weighted by Crippen LogP contribution is 2.34. The topological polar surface area (TPSA) is 88.3 Å². The summed E-state index contributed by atoms with van der Waals surface area (Å²) in [7, 11) is 0. The lowest BCUT2D eigenvalue weighted by Crippen LogP contribution is -2.35. The third-order valence-corrected chi connectivity index (χ3v) is 7.01. The van der Waals surface area contributed by atoms with Crippen molar-refractivity contribution in [3.63, 3.8) is 0 Å². The Bertz CT molecular complexity index is 1070. The van der Waals surface area contributed by atoms with Gasteiger partial charge in [0.25, 0.3) is 0 Å². The van der Waals surface area contributed by atoms with E-state index in [1.807, 2.05) is 6.20 Å². The Morgan fingerprint density at radius 3 is 2.59 bits per heavy atom. The minimum atomic E-state index is -0.197. The smallest absolute Gasteiger partial charge is 0.224 e. The number of ether oxygens (including phenoxy) is 1. The fourth-order valence-corrected chi connectivity index (χ4v) is 4.94. The van der Waals surface area contributed by atoms with Crippen molar-refractivity contribution >= 4 is 17.0 Å². The van der Waals surface area contributed by atoms with Crippen molar-refractivity contribution in [3.8, 4) is 11.3 Å². The highest BCUT2D eigenvalue weighted by Gasteiger charge is 2.25. The fraction of sp³-hybridized carbons (Fsp3) is 0.577. The van der Waals surface area contributed by atoms with Crippen LogP contribution in [0, 0.1) is 0 Å². The predicted molar refractivity (Wildman–Crippen MR) is 134 cm³/mol. The van der Waals surface area contributed by atoms with Gasteiger partial charge in [0, 0.05) is 37.9 Å². The maximum absolute atomic E-state index is 10.0. The van der Waals surface area contributed by atoms with E-state index in [4.69, 9.17) is 14.8 Å². The van der Waals surface area contributed by atoms with Gasteiger partial charge in [-0.2, -0.15) is 10.1 Å². The molecule has 8 nitrogen and oxygen atoms in total. The molecular formula is C26H36N6O2. The molecule has 1 aromatic carbocycles. The van der Waals surface area contributed by atoms with Crippen LogP contribution in [0.5, 0.6) is 0 Å². The van der Waals surface area contributed by atoms with E-state index in [1.54, 1.807) is 0 Å². The largest absolute Gasteiger partial charge is 0.393 e. The van der Waals surface area contributed by atoms with Crippen molar-refractivity contribution in [2.24, 2.45) is 0 Å². The lowest BCUT2D eigenvalue weighted by Gasteiger charge is -2.26. The van der Waals surface area contributed by atoms with Crippen molar-refractivity contribution in [2.45, 2.75) is 64.1 Å². The molecule has 0 spiro atoms. The van der Waals surface area contributed by atoms with Crippen molar-refractivity contribution in [3.05, 3.63) is 36.0 Å². The molecule has 1 aliphatic carbocycles. The number of aliphatic hydroxyl groups is 1. The van der Waals surface area contributed by atoms with Crippen LogP contribution in [0.1, 0.15) is 57.1 Å². The zero-order chi connectivity index (χ0) is 23.3. The van der Waals surface area contributed by atoms with E-state index in [1.165, 1.54) is 5.56 Å². The molecule has 1 aliphatic heterocycles. The van der Waals surface area contributed by atoms with Crippen LogP contribution in [0.25, 0.3) is 22.3 Å². The maximum Gasteiger partial charge on any atom is 0.224 e. The van der Waals surface area contributed by atoms with E-state index in [-0.39, 0.29) is 12.1 Å². The van der Waals surface area contributed by atoms with Crippen LogP contribution in [-0.4, -0.2) is 68.7 Å². The summed E-state index contributed by atoms with van der Waals surface area (Å²) in [5, 5.41) is 19.4. The first-order valence-corrected chi connectivity index (χ1v) is 12.8. The highest BCUT2D eigenvalue weighted by molar-refractivity contribution is 5.91. The Balaban J connectivity index is 1.43. The van der Waals surface area contributed by atoms with Crippen molar-refractivity contribution in [2.75, 3.05) is 38.2 Å². The van der Waals surface area contributed by atoms with Gasteiger partial charge in [-0.25, -0.2) is 9.67 Å². The molecule has 182 valence electrons. The average Bonchev–Trinajstić information content (AvgIpc) is 3.25. The molecule has 2 N–H and O–H groups in total. The molecule has 0 atom stereocenters. The molecule has 0 bridgehead atoms. The Kier molecular flexibility index (Phi) is 7.37. The first-order valence-electron chi connectivity index (χ1n) is 12.8. The number of fused-ring (bicyclic) bond motifs is 1. The van der Waals surface area contributed by atoms with Gasteiger partial charge in [0.15, 0.2) is 5.65 Å². The second-order valence-corrected chi connectivity index (χ2v) is 9.55. The summed E-state index contributed by atoms with van der Waals surface area (Å²) in [6.07, 6.45) is 7.38. The lowest BCUT2D eigenvalue weighted by molar-refractivity contribution is 0.0342. The van der Waals surface area contributed by atoms with Gasteiger partial charge in [0.05, 0.1) is 30.7 Å². The number of unbranched alkanes of at least 4 members (excludes halogenated alkanes) is 1. The van der Waals surface area contributed by atoms with E-state index < -0.39 is 0 Å². The molecule has 1 saturated carbocycles. The van der Waals surface area contributed by atoms with Crippen LogP contribution in [0.4, 0.5) is 5.95 Å². The molecule has 8 heteroatoms. The zero-order valence-corrected chi connectivity index (χ0v) is 20.1. The summed E-state index contributed by atoms with van der Waals surface area (Å²) in [5.74, 6) is 0.658. The average molecular weight is 465 g/mol. The van der Waals surface area contributed by atoms with Gasteiger partial charge in [-0.15, -0.1) is 0 Å². The standard InChI is InChI=1S/C26H36N6O2/c1-2-3-12-27-26-28-17-23-24(30-32(25(23)29-26)21-8-10-22(33)11-9-21)20-6-4-19(5-7-20)18-31-13-15-34-16-14-31/h4-7,17,21-22,33H,2-3,8-16,18H2,1H3,(H,27,28,29)/t21-,22-. The third-order valence-electron chi connectivity index (χ3n) is 7.01. The molecule has 34 heavy (non-hydrogen) atoms. The summed E-state index contributed by atoms with van der Waals surface area (Å²) in [6, 6.07) is 8.99. The van der Waals surface area contributed by atoms with E-state index in [0.717, 1.165) is 100 Å². The van der Waals surface area contributed by atoms with Crippen molar-refractivity contribution in [1.82, 2.24) is 24.6 Å². The minimum Gasteiger partial charge on any atom is -0.393 e. The third kappa shape index (κ3) is 5.24.